The number of hydrogen-bond acceptors (Lipinski definition) is 4. The summed E-state index contributed by atoms with van der Waals surface area (Å²) in [6.07, 6.45) is 2.68. The third kappa shape index (κ3) is 2.72. The van der Waals surface area contributed by atoms with Crippen LogP contribution in [-0.2, 0) is 4.79 Å². The first-order valence-electron chi connectivity index (χ1n) is 6.01. The maximum atomic E-state index is 12.3. The van der Waals surface area contributed by atoms with E-state index in [-0.39, 0.29) is 17.5 Å². The van der Waals surface area contributed by atoms with Gasteiger partial charge in [0, 0.05) is 32.3 Å². The molecular formula is C12H24N4O. The van der Waals surface area contributed by atoms with Gasteiger partial charge >= 0.3 is 0 Å². The number of likely N-dealkylation sites (N-methyl/N-ethyl adjacent to an activating group) is 2. The zero-order chi connectivity index (χ0) is 13.1. The zero-order valence-electron chi connectivity index (χ0n) is 11.4. The molecule has 98 valence electrons. The van der Waals surface area contributed by atoms with Gasteiger partial charge in [-0.3, -0.25) is 10.1 Å². The first-order valence-corrected chi connectivity index (χ1v) is 6.01. The van der Waals surface area contributed by atoms with E-state index in [1.165, 1.54) is 0 Å². The SMILES string of the molecule is CN/C=C(/NC)C(NC)N1CCC(C)(C)C1=O. The number of nitrogens with one attached hydrogen (secondary N) is 3. The van der Waals surface area contributed by atoms with Gasteiger partial charge < -0.3 is 15.5 Å². The highest BCUT2D eigenvalue weighted by Gasteiger charge is 2.42. The highest BCUT2D eigenvalue weighted by Crippen LogP contribution is 2.32. The van der Waals surface area contributed by atoms with Crippen molar-refractivity contribution in [1.82, 2.24) is 20.9 Å². The van der Waals surface area contributed by atoms with Crippen molar-refractivity contribution in [2.24, 2.45) is 5.41 Å². The molecule has 0 aliphatic carbocycles. The van der Waals surface area contributed by atoms with Crippen LogP contribution in [0.4, 0.5) is 0 Å². The van der Waals surface area contributed by atoms with Crippen molar-refractivity contribution in [3.05, 3.63) is 11.9 Å². The third-order valence-electron chi connectivity index (χ3n) is 3.29. The van der Waals surface area contributed by atoms with Crippen LogP contribution >= 0.6 is 0 Å². The number of likely N-dealkylation sites (tertiary alicyclic amines) is 1. The van der Waals surface area contributed by atoms with Gasteiger partial charge in [0.05, 0.1) is 5.70 Å². The normalized spacial score (nSPS) is 21.6. The summed E-state index contributed by atoms with van der Waals surface area (Å²) < 4.78 is 0. The topological polar surface area (TPSA) is 56.4 Å². The van der Waals surface area contributed by atoms with Crippen molar-refractivity contribution in [3.8, 4) is 0 Å². The van der Waals surface area contributed by atoms with Crippen molar-refractivity contribution >= 4 is 5.91 Å². The maximum absolute atomic E-state index is 12.3. The van der Waals surface area contributed by atoms with E-state index in [1.807, 2.05) is 46.1 Å². The molecule has 1 aliphatic rings. The molecule has 3 N–H and O–H groups in total. The van der Waals surface area contributed by atoms with Crippen LogP contribution in [0.2, 0.25) is 0 Å². The summed E-state index contributed by atoms with van der Waals surface area (Å²) in [6.45, 7) is 4.80. The molecule has 1 fully saturated rings. The van der Waals surface area contributed by atoms with Crippen LogP contribution in [0, 0.1) is 5.41 Å². The van der Waals surface area contributed by atoms with Gasteiger partial charge in [0.1, 0.15) is 6.17 Å². The van der Waals surface area contributed by atoms with Gasteiger partial charge in [-0.15, -0.1) is 0 Å². The molecule has 1 unspecified atom stereocenters. The third-order valence-corrected chi connectivity index (χ3v) is 3.29. The largest absolute Gasteiger partial charge is 0.392 e. The molecule has 1 heterocycles. The van der Waals surface area contributed by atoms with Gasteiger partial charge in [0.15, 0.2) is 0 Å². The Bertz CT molecular complexity index is 312. The molecule has 0 aromatic carbocycles. The highest BCUT2D eigenvalue weighted by molar-refractivity contribution is 5.84. The Morgan fingerprint density at radius 2 is 2.06 bits per heavy atom. The standard InChI is InChI=1S/C12H24N4O/c1-12(2)6-7-16(11(12)17)10(15-5)9(14-4)8-13-3/h8,10,13-15H,6-7H2,1-5H3/b9-8+. The van der Waals surface area contributed by atoms with E-state index >= 15 is 0 Å². The summed E-state index contributed by atoms with van der Waals surface area (Å²) >= 11 is 0. The van der Waals surface area contributed by atoms with Gasteiger partial charge in [-0.2, -0.15) is 0 Å². The molecule has 0 radical (unpaired) electrons. The Labute approximate surface area is 104 Å². The summed E-state index contributed by atoms with van der Waals surface area (Å²) in [5.74, 6) is 0.203. The molecule has 0 aromatic rings. The number of hydrogen-bond donors (Lipinski definition) is 3. The second kappa shape index (κ2) is 5.40. The minimum Gasteiger partial charge on any atom is -0.392 e. The van der Waals surface area contributed by atoms with E-state index in [9.17, 15) is 4.79 Å². The van der Waals surface area contributed by atoms with Gasteiger partial charge in [-0.25, -0.2) is 0 Å². The average Bonchev–Trinajstić information content (AvgIpc) is 2.56. The van der Waals surface area contributed by atoms with Crippen molar-refractivity contribution < 1.29 is 4.79 Å². The van der Waals surface area contributed by atoms with Crippen LogP contribution in [0.25, 0.3) is 0 Å². The predicted octanol–water partition coefficient (Wildman–Crippen LogP) is 0.0706. The smallest absolute Gasteiger partial charge is 0.229 e. The summed E-state index contributed by atoms with van der Waals surface area (Å²) in [5, 5.41) is 9.29. The van der Waals surface area contributed by atoms with E-state index in [4.69, 9.17) is 0 Å². The van der Waals surface area contributed by atoms with Crippen molar-refractivity contribution in [2.45, 2.75) is 26.4 Å². The van der Waals surface area contributed by atoms with Crippen LogP contribution < -0.4 is 16.0 Å². The van der Waals surface area contributed by atoms with Crippen LogP contribution in [0.1, 0.15) is 20.3 Å². The minimum atomic E-state index is -0.242. The fourth-order valence-corrected chi connectivity index (χ4v) is 2.17. The number of rotatable bonds is 5. The molecule has 1 amide bonds. The van der Waals surface area contributed by atoms with Gasteiger partial charge in [-0.05, 0) is 13.5 Å². The second-order valence-electron chi connectivity index (χ2n) is 4.96. The lowest BCUT2D eigenvalue weighted by Crippen LogP contribution is -2.50. The first-order chi connectivity index (χ1) is 7.97. The molecule has 17 heavy (non-hydrogen) atoms. The predicted molar refractivity (Wildman–Crippen MR) is 69.2 cm³/mol. The first kappa shape index (κ1) is 13.8. The molecule has 1 atom stereocenters. The monoisotopic (exact) mass is 240 g/mol. The Balaban J connectivity index is 2.89. The van der Waals surface area contributed by atoms with Gasteiger partial charge in [0.25, 0.3) is 0 Å². The molecule has 0 aromatic heterocycles. The minimum absolute atomic E-state index is 0.0956. The lowest BCUT2D eigenvalue weighted by Gasteiger charge is -2.30. The van der Waals surface area contributed by atoms with Crippen LogP contribution in [0.3, 0.4) is 0 Å². The van der Waals surface area contributed by atoms with Crippen molar-refractivity contribution in [1.29, 1.82) is 0 Å². The van der Waals surface area contributed by atoms with Crippen LogP contribution in [0.15, 0.2) is 11.9 Å². The molecule has 0 saturated carbocycles. The lowest BCUT2D eigenvalue weighted by atomic mass is 9.92. The van der Waals surface area contributed by atoms with E-state index in [1.54, 1.807) is 0 Å². The van der Waals surface area contributed by atoms with Crippen molar-refractivity contribution in [2.75, 3.05) is 27.7 Å². The summed E-state index contributed by atoms with van der Waals surface area (Å²) in [5.41, 5.74) is 0.717. The fraction of sp³-hybridized carbons (Fsp3) is 0.750. The number of amides is 1. The number of carbonyl (C=O) groups is 1. The number of nitrogens with zero attached hydrogens (tertiary/aromatic N) is 1. The van der Waals surface area contributed by atoms with Gasteiger partial charge in [0.2, 0.25) is 5.91 Å². The Morgan fingerprint density at radius 3 is 2.41 bits per heavy atom. The van der Waals surface area contributed by atoms with Crippen molar-refractivity contribution in [3.63, 3.8) is 0 Å². The maximum Gasteiger partial charge on any atom is 0.229 e. The lowest BCUT2D eigenvalue weighted by molar-refractivity contribution is -0.136. The fourth-order valence-electron chi connectivity index (χ4n) is 2.17. The molecule has 0 spiro atoms. The summed E-state index contributed by atoms with van der Waals surface area (Å²) in [7, 11) is 5.57. The Kier molecular flexibility index (Phi) is 4.40. The number of carbonyl (C=O) groups excluding carboxylic acids is 1. The summed E-state index contributed by atoms with van der Waals surface area (Å²) in [6, 6.07) is 0. The van der Waals surface area contributed by atoms with Crippen LogP contribution in [-0.4, -0.2) is 44.7 Å². The molecule has 5 nitrogen and oxygen atoms in total. The molecule has 1 rings (SSSR count). The van der Waals surface area contributed by atoms with E-state index in [2.05, 4.69) is 16.0 Å². The zero-order valence-corrected chi connectivity index (χ0v) is 11.4. The molecule has 1 saturated heterocycles. The Hall–Kier alpha value is -1.23. The summed E-state index contributed by atoms with van der Waals surface area (Å²) in [4.78, 5) is 14.2. The second-order valence-corrected chi connectivity index (χ2v) is 4.96. The molecular weight excluding hydrogens is 216 g/mol. The van der Waals surface area contributed by atoms with E-state index < -0.39 is 0 Å². The molecule has 1 aliphatic heterocycles. The van der Waals surface area contributed by atoms with E-state index in [0.29, 0.717) is 0 Å². The van der Waals surface area contributed by atoms with Crippen LogP contribution in [0.5, 0.6) is 0 Å². The molecule has 5 heteroatoms. The highest BCUT2D eigenvalue weighted by atomic mass is 16.2. The Morgan fingerprint density at radius 1 is 1.41 bits per heavy atom. The van der Waals surface area contributed by atoms with Gasteiger partial charge in [-0.1, -0.05) is 13.8 Å². The molecule has 0 bridgehead atoms. The van der Waals surface area contributed by atoms with E-state index in [0.717, 1.165) is 18.7 Å². The average molecular weight is 240 g/mol. The quantitative estimate of drug-likeness (QED) is 0.636.